The van der Waals surface area contributed by atoms with Gasteiger partial charge in [0.05, 0.1) is 23.9 Å². The monoisotopic (exact) mass is 512 g/mol. The van der Waals surface area contributed by atoms with Crippen LogP contribution in [0.4, 0.5) is 11.4 Å². The molecule has 4 aromatic rings. The number of aromatic nitrogens is 1. The van der Waals surface area contributed by atoms with Gasteiger partial charge in [0.15, 0.2) is 0 Å². The Bertz CT molecular complexity index is 1400. The van der Waals surface area contributed by atoms with Gasteiger partial charge in [0, 0.05) is 54.0 Å². The predicted molar refractivity (Wildman–Crippen MR) is 149 cm³/mol. The number of carbonyl (C=O) groups excluding carboxylic acids is 2. The molecule has 0 spiro atoms. The van der Waals surface area contributed by atoms with Crippen molar-refractivity contribution in [2.75, 3.05) is 49.3 Å². The van der Waals surface area contributed by atoms with Crippen LogP contribution in [0.15, 0.2) is 90.0 Å². The van der Waals surface area contributed by atoms with E-state index in [4.69, 9.17) is 4.74 Å². The third kappa shape index (κ3) is 5.70. The van der Waals surface area contributed by atoms with Crippen LogP contribution < -0.4 is 15.0 Å². The summed E-state index contributed by atoms with van der Waals surface area (Å²) in [5, 5.41) is 4.04. The Morgan fingerprint density at radius 2 is 1.68 bits per heavy atom. The highest BCUT2D eigenvalue weighted by Gasteiger charge is 2.24. The van der Waals surface area contributed by atoms with Crippen LogP contribution in [0, 0.1) is 0 Å². The average Bonchev–Trinajstić information content (AvgIpc) is 2.96. The molecular weight excluding hydrogens is 484 g/mol. The van der Waals surface area contributed by atoms with E-state index in [1.54, 1.807) is 19.4 Å². The van der Waals surface area contributed by atoms with Crippen LogP contribution in [0.25, 0.3) is 10.9 Å². The lowest BCUT2D eigenvalue weighted by molar-refractivity contribution is -0.113. The fourth-order valence-electron chi connectivity index (χ4n) is 4.45. The lowest BCUT2D eigenvalue weighted by Gasteiger charge is -2.36. The zero-order chi connectivity index (χ0) is 25.6. The fraction of sp³-hybridized carbons (Fsp3) is 0.207. The summed E-state index contributed by atoms with van der Waals surface area (Å²) >= 11 is 1.48. The number of thioether (sulfide) groups is 1. The van der Waals surface area contributed by atoms with Gasteiger partial charge in [0.25, 0.3) is 5.91 Å². The van der Waals surface area contributed by atoms with E-state index in [1.165, 1.54) is 11.8 Å². The van der Waals surface area contributed by atoms with Crippen molar-refractivity contribution in [3.05, 3.63) is 90.6 Å². The van der Waals surface area contributed by atoms with Gasteiger partial charge in [-0.15, -0.1) is 11.8 Å². The van der Waals surface area contributed by atoms with Gasteiger partial charge in [-0.3, -0.25) is 14.6 Å². The quantitative estimate of drug-likeness (QED) is 0.354. The molecule has 0 atom stereocenters. The number of ether oxygens (including phenoxy) is 1. The molecular formula is C29H28N4O3S. The van der Waals surface area contributed by atoms with E-state index >= 15 is 0 Å². The number of fused-ring (bicyclic) bond motifs is 1. The van der Waals surface area contributed by atoms with Crippen molar-refractivity contribution in [1.29, 1.82) is 0 Å². The van der Waals surface area contributed by atoms with Crippen molar-refractivity contribution in [3.8, 4) is 5.75 Å². The van der Waals surface area contributed by atoms with Gasteiger partial charge in [-0.1, -0.05) is 30.3 Å². The standard InChI is InChI=1S/C29H28N4O3S/c1-36-25-9-3-2-8-24(25)29(35)33-18-16-32(17-19-33)23-13-11-22(12-14-23)31-27(34)20-37-26-10-4-6-21-7-5-15-30-28(21)26/h2-15H,16-20H2,1H3,(H,31,34). The maximum absolute atomic E-state index is 13.0. The van der Waals surface area contributed by atoms with Crippen LogP contribution in [0.3, 0.4) is 0 Å². The molecule has 37 heavy (non-hydrogen) atoms. The van der Waals surface area contributed by atoms with Gasteiger partial charge in [-0.05, 0) is 48.5 Å². The molecule has 0 unspecified atom stereocenters. The number of benzene rings is 3. The van der Waals surface area contributed by atoms with Crippen molar-refractivity contribution in [1.82, 2.24) is 9.88 Å². The zero-order valence-electron chi connectivity index (χ0n) is 20.6. The molecule has 2 amide bonds. The third-order valence-corrected chi connectivity index (χ3v) is 7.42. The molecule has 3 aromatic carbocycles. The van der Waals surface area contributed by atoms with Gasteiger partial charge < -0.3 is 19.9 Å². The smallest absolute Gasteiger partial charge is 0.257 e. The summed E-state index contributed by atoms with van der Waals surface area (Å²) < 4.78 is 5.35. The highest BCUT2D eigenvalue weighted by Crippen LogP contribution is 2.27. The number of nitrogens with one attached hydrogen (secondary N) is 1. The van der Waals surface area contributed by atoms with E-state index < -0.39 is 0 Å². The van der Waals surface area contributed by atoms with Crippen molar-refractivity contribution in [2.24, 2.45) is 0 Å². The summed E-state index contributed by atoms with van der Waals surface area (Å²) in [5.41, 5.74) is 3.33. The Kier molecular flexibility index (Phi) is 7.56. The molecule has 1 N–H and O–H groups in total. The van der Waals surface area contributed by atoms with E-state index in [0.717, 1.165) is 40.3 Å². The van der Waals surface area contributed by atoms with Crippen molar-refractivity contribution >= 4 is 45.9 Å². The number of nitrogens with zero attached hydrogens (tertiary/aromatic N) is 3. The minimum atomic E-state index is -0.0610. The summed E-state index contributed by atoms with van der Waals surface area (Å²) in [6.07, 6.45) is 1.77. The average molecular weight is 513 g/mol. The molecule has 1 aromatic heterocycles. The molecule has 0 bridgehead atoms. The Morgan fingerprint density at radius 1 is 0.919 bits per heavy atom. The number of para-hydroxylation sites is 2. The number of methoxy groups -OCH3 is 1. The molecule has 1 aliphatic rings. The first-order valence-electron chi connectivity index (χ1n) is 12.2. The van der Waals surface area contributed by atoms with Gasteiger partial charge >= 0.3 is 0 Å². The van der Waals surface area contributed by atoms with Crippen LogP contribution in [0.2, 0.25) is 0 Å². The summed E-state index contributed by atoms with van der Waals surface area (Å²) in [4.78, 5) is 35.1. The Hall–Kier alpha value is -4.04. The van der Waals surface area contributed by atoms with Crippen LogP contribution in [-0.4, -0.2) is 60.7 Å². The fourth-order valence-corrected chi connectivity index (χ4v) is 5.29. The molecule has 1 aliphatic heterocycles. The second-order valence-corrected chi connectivity index (χ2v) is 9.71. The van der Waals surface area contributed by atoms with E-state index in [9.17, 15) is 9.59 Å². The summed E-state index contributed by atoms with van der Waals surface area (Å²) in [7, 11) is 1.58. The lowest BCUT2D eigenvalue weighted by atomic mass is 10.1. The summed E-state index contributed by atoms with van der Waals surface area (Å²) in [6.45, 7) is 2.75. The topological polar surface area (TPSA) is 74.8 Å². The molecule has 1 saturated heterocycles. The molecule has 0 radical (unpaired) electrons. The van der Waals surface area contributed by atoms with Crippen LogP contribution in [0.5, 0.6) is 5.75 Å². The first-order valence-corrected chi connectivity index (χ1v) is 13.1. The number of hydrogen-bond acceptors (Lipinski definition) is 6. The molecule has 5 rings (SSSR count). The van der Waals surface area contributed by atoms with Crippen LogP contribution >= 0.6 is 11.8 Å². The Balaban J connectivity index is 1.13. The minimum absolute atomic E-state index is 0.00712. The molecule has 0 saturated carbocycles. The van der Waals surface area contributed by atoms with Gasteiger partial charge in [0.2, 0.25) is 5.91 Å². The van der Waals surface area contributed by atoms with Crippen molar-refractivity contribution in [3.63, 3.8) is 0 Å². The molecule has 7 nitrogen and oxygen atoms in total. The second-order valence-electron chi connectivity index (χ2n) is 8.69. The van der Waals surface area contributed by atoms with Crippen LogP contribution in [-0.2, 0) is 4.79 Å². The molecule has 188 valence electrons. The lowest BCUT2D eigenvalue weighted by Crippen LogP contribution is -2.48. The SMILES string of the molecule is COc1ccccc1C(=O)N1CCN(c2ccc(NC(=O)CSc3cccc4cccnc34)cc2)CC1. The van der Waals surface area contributed by atoms with E-state index in [2.05, 4.69) is 15.2 Å². The molecule has 0 aliphatic carbocycles. The molecule has 2 heterocycles. The zero-order valence-corrected chi connectivity index (χ0v) is 21.4. The number of piperazine rings is 1. The first-order chi connectivity index (χ1) is 18.1. The van der Waals surface area contributed by atoms with Crippen molar-refractivity contribution < 1.29 is 14.3 Å². The van der Waals surface area contributed by atoms with Gasteiger partial charge in [-0.25, -0.2) is 0 Å². The minimum Gasteiger partial charge on any atom is -0.496 e. The number of anilines is 2. The highest BCUT2D eigenvalue weighted by atomic mass is 32.2. The maximum Gasteiger partial charge on any atom is 0.257 e. The predicted octanol–water partition coefficient (Wildman–Crippen LogP) is 4.94. The Labute approximate surface area is 220 Å². The number of rotatable bonds is 7. The first kappa shape index (κ1) is 24.6. The molecule has 8 heteroatoms. The van der Waals surface area contributed by atoms with E-state index in [1.807, 2.05) is 77.7 Å². The summed E-state index contributed by atoms with van der Waals surface area (Å²) in [5.74, 6) is 0.834. The normalized spacial score (nSPS) is 13.4. The van der Waals surface area contributed by atoms with Gasteiger partial charge in [0.1, 0.15) is 5.75 Å². The number of hydrogen-bond donors (Lipinski definition) is 1. The van der Waals surface area contributed by atoms with Crippen LogP contribution in [0.1, 0.15) is 10.4 Å². The number of carbonyl (C=O) groups is 2. The maximum atomic E-state index is 13.0. The summed E-state index contributed by atoms with van der Waals surface area (Å²) in [6, 6.07) is 25.1. The third-order valence-electron chi connectivity index (χ3n) is 6.37. The largest absolute Gasteiger partial charge is 0.496 e. The number of amides is 2. The second kappa shape index (κ2) is 11.3. The van der Waals surface area contributed by atoms with Crippen molar-refractivity contribution in [2.45, 2.75) is 4.90 Å². The van der Waals surface area contributed by atoms with Gasteiger partial charge in [-0.2, -0.15) is 0 Å². The van der Waals surface area contributed by atoms with E-state index in [-0.39, 0.29) is 11.8 Å². The number of pyridine rings is 1. The Morgan fingerprint density at radius 3 is 2.46 bits per heavy atom. The highest BCUT2D eigenvalue weighted by molar-refractivity contribution is 8.00. The molecule has 1 fully saturated rings. The van der Waals surface area contributed by atoms with E-state index in [0.29, 0.717) is 30.2 Å².